The lowest BCUT2D eigenvalue weighted by Gasteiger charge is -2.18. The zero-order chi connectivity index (χ0) is 64.5. The summed E-state index contributed by atoms with van der Waals surface area (Å²) in [5.74, 6) is 2.03. The van der Waals surface area contributed by atoms with E-state index in [1.54, 1.807) is 29.9 Å². The van der Waals surface area contributed by atoms with Crippen molar-refractivity contribution in [3.05, 3.63) is 178 Å². The van der Waals surface area contributed by atoms with E-state index < -0.39 is 0 Å². The maximum atomic E-state index is 4.25. The van der Waals surface area contributed by atoms with Gasteiger partial charge in [-0.1, -0.05) is 212 Å². The van der Waals surface area contributed by atoms with Crippen LogP contribution in [0.25, 0.3) is 0 Å². The predicted molar refractivity (Wildman–Crippen MR) is 361 cm³/mol. The van der Waals surface area contributed by atoms with E-state index >= 15 is 0 Å². The molecule has 8 heterocycles. The van der Waals surface area contributed by atoms with E-state index in [2.05, 4.69) is 279 Å². The molecule has 0 N–H and O–H groups in total. The Morgan fingerprint density at radius 3 is 1.17 bits per heavy atom. The lowest BCUT2D eigenvalue weighted by atomic mass is 9.88. The Balaban J connectivity index is 0.000000915. The first-order valence-electron chi connectivity index (χ1n) is 29.0. The van der Waals surface area contributed by atoms with Crippen LogP contribution in [0.4, 0.5) is 0 Å². The van der Waals surface area contributed by atoms with Gasteiger partial charge in [-0.15, -0.1) is 22.7 Å². The lowest BCUT2D eigenvalue weighted by molar-refractivity contribution is 0.469. The number of hydrogen-bond acceptors (Lipinski definition) is 10. The molecule has 462 valence electrons. The van der Waals surface area contributed by atoms with E-state index in [1.807, 2.05) is 117 Å². The zero-order valence-corrected chi connectivity index (χ0v) is 59.6. The van der Waals surface area contributed by atoms with Crippen LogP contribution in [0.5, 0.6) is 0 Å². The highest BCUT2D eigenvalue weighted by Gasteiger charge is 2.20. The molecular formula is C70H115N11S2. The van der Waals surface area contributed by atoms with Crippen LogP contribution < -0.4 is 0 Å². The van der Waals surface area contributed by atoms with Gasteiger partial charge in [-0.25, -0.2) is 29.9 Å². The second-order valence-corrected chi connectivity index (χ2v) is 32.4. The molecule has 0 atom stereocenters. The maximum Gasteiger partial charge on any atom is 0.133 e. The van der Waals surface area contributed by atoms with Gasteiger partial charge in [0, 0.05) is 137 Å². The fourth-order valence-electron chi connectivity index (χ4n) is 6.57. The molecule has 0 fully saturated rings. The monoisotopic (exact) mass is 1170 g/mol. The third-order valence-corrected chi connectivity index (χ3v) is 13.6. The summed E-state index contributed by atoms with van der Waals surface area (Å²) in [5.41, 5.74) is 6.97. The molecule has 0 aliphatic heterocycles. The fourth-order valence-corrected chi connectivity index (χ4v) is 8.11. The largest absolute Gasteiger partial charge is 0.340 e. The van der Waals surface area contributed by atoms with Crippen LogP contribution >= 0.6 is 22.7 Å². The smallest absolute Gasteiger partial charge is 0.133 e. The van der Waals surface area contributed by atoms with Crippen molar-refractivity contribution in [3.8, 4) is 0 Å². The number of imidazole rings is 3. The highest BCUT2D eigenvalue weighted by atomic mass is 32.1. The van der Waals surface area contributed by atoms with Gasteiger partial charge in [-0.05, 0) is 57.5 Å². The molecule has 0 spiro atoms. The first kappa shape index (κ1) is 77.3. The Labute approximate surface area is 515 Å². The van der Waals surface area contributed by atoms with Crippen molar-refractivity contribution in [1.29, 1.82) is 0 Å². The van der Waals surface area contributed by atoms with Crippen LogP contribution in [0.1, 0.15) is 238 Å². The Hall–Kier alpha value is -5.66. The molecule has 8 aromatic heterocycles. The second-order valence-electron chi connectivity index (χ2n) is 30.5. The molecule has 0 saturated heterocycles. The van der Waals surface area contributed by atoms with Gasteiger partial charge in [0.15, 0.2) is 0 Å². The van der Waals surface area contributed by atoms with Crippen molar-refractivity contribution in [2.75, 3.05) is 0 Å². The van der Waals surface area contributed by atoms with E-state index in [4.69, 9.17) is 0 Å². The number of pyridine rings is 2. The van der Waals surface area contributed by atoms with E-state index in [0.717, 1.165) is 23.0 Å². The number of nitrogens with zero attached hydrogens (tertiary/aromatic N) is 11. The molecule has 83 heavy (non-hydrogen) atoms. The number of thiazole rings is 1. The van der Waals surface area contributed by atoms with Crippen molar-refractivity contribution in [2.24, 2.45) is 26.6 Å². The SMILES string of the molecule is CC(C)(C)C.CC(C)(C)c1ccccn1.CC(C)(C)c1cccnc1.CC(C)(C)c1cccs1.CC(C)(C)c1ncccn1.CC(C)(C)c1nccs1.Cn1ccnc1C(C)(C)C.Cn1cnc(C(C)(C)C)c1.Cn1cncc1C(C)(C)C. The molecule has 0 aliphatic rings. The number of rotatable bonds is 0. The second kappa shape index (κ2) is 33.7. The minimum Gasteiger partial charge on any atom is -0.340 e. The Morgan fingerprint density at radius 1 is 0.373 bits per heavy atom. The minimum absolute atomic E-state index is 0.0707. The highest BCUT2D eigenvalue weighted by molar-refractivity contribution is 7.10. The zero-order valence-electron chi connectivity index (χ0n) is 57.9. The Bertz CT molecular complexity index is 2630. The molecule has 11 nitrogen and oxygen atoms in total. The standard InChI is InChI=1S/2C9H13N.3C8H14N2.C8H12N2.C8H12S.C7H11NS.C5H12/c1-9(2,3)8-5-4-6-10-7-8;1-9(2,3)8-6-4-5-7-10-8;1-8(2,3)7-5-10(4)6-9-7;1-8(2,3)7-5-9-6-10(7)4;1-8(2,3)7-9-5-6-10(7)4;1-8(2,3)7-9-5-4-6-10-7;1-8(2,3)7-5-4-6-9-7;1-7(2,3)6-8-4-5-9-6;1-5(2,3)4/h2*4-7H,1-3H3;3*5-6H,1-4H3;4-6H,1-3H3;4-6H,1-3H3;4-5H,1-3H3;1-4H3. The lowest BCUT2D eigenvalue weighted by Crippen LogP contribution is -2.16. The van der Waals surface area contributed by atoms with Crippen LogP contribution in [-0.2, 0) is 64.5 Å². The summed E-state index contributed by atoms with van der Waals surface area (Å²) in [6.45, 7) is 60.8. The molecule has 0 unspecified atom stereocenters. The third-order valence-electron chi connectivity index (χ3n) is 11.1. The molecule has 0 bridgehead atoms. The average molecular weight is 1170 g/mol. The number of aromatic nitrogens is 11. The highest BCUT2D eigenvalue weighted by Crippen LogP contribution is 2.27. The summed E-state index contributed by atoms with van der Waals surface area (Å²) >= 11 is 3.55. The van der Waals surface area contributed by atoms with Gasteiger partial charge >= 0.3 is 0 Å². The molecular weight excluding hydrogens is 1060 g/mol. The van der Waals surface area contributed by atoms with Gasteiger partial charge in [0.05, 0.1) is 23.4 Å². The van der Waals surface area contributed by atoms with Crippen molar-refractivity contribution >= 4 is 22.7 Å². The van der Waals surface area contributed by atoms with Crippen LogP contribution in [0.2, 0.25) is 0 Å². The quantitative estimate of drug-likeness (QED) is 0.147. The summed E-state index contributed by atoms with van der Waals surface area (Å²) in [6.07, 6.45) is 22.4. The number of thiophene rings is 1. The Kier molecular flexibility index (Phi) is 31.4. The van der Waals surface area contributed by atoms with Crippen LogP contribution in [-0.4, -0.2) is 53.6 Å². The topological polar surface area (TPSA) is 118 Å². The fraction of sp³-hybridized carbons (Fsp3) is 0.571. The summed E-state index contributed by atoms with van der Waals surface area (Å²) in [5, 5.41) is 5.35. The molecule has 0 amide bonds. The summed E-state index contributed by atoms with van der Waals surface area (Å²) in [4.78, 5) is 34.8. The number of hydrogen-bond donors (Lipinski definition) is 0. The maximum absolute atomic E-state index is 4.25. The van der Waals surface area contributed by atoms with Crippen molar-refractivity contribution < 1.29 is 0 Å². The van der Waals surface area contributed by atoms with Crippen molar-refractivity contribution in [2.45, 2.75) is 237 Å². The minimum atomic E-state index is 0.0707. The van der Waals surface area contributed by atoms with E-state index in [0.29, 0.717) is 10.8 Å². The first-order valence-corrected chi connectivity index (χ1v) is 30.8. The molecule has 0 aromatic carbocycles. The van der Waals surface area contributed by atoms with Gasteiger partial charge in [0.1, 0.15) is 11.6 Å². The summed E-state index contributed by atoms with van der Waals surface area (Å²) in [6, 6.07) is 16.2. The van der Waals surface area contributed by atoms with Crippen LogP contribution in [0.15, 0.2) is 134 Å². The first-order chi connectivity index (χ1) is 37.6. The van der Waals surface area contributed by atoms with Gasteiger partial charge in [-0.3, -0.25) is 9.97 Å². The number of aryl methyl sites for hydroxylation is 3. The molecule has 13 heteroatoms. The molecule has 8 aromatic rings. The average Bonchev–Trinajstić information content (AvgIpc) is 4.22. The third kappa shape index (κ3) is 35.3. The van der Waals surface area contributed by atoms with Gasteiger partial charge in [-0.2, -0.15) is 0 Å². The molecule has 0 saturated carbocycles. The summed E-state index contributed by atoms with van der Waals surface area (Å²) < 4.78 is 6.08. The van der Waals surface area contributed by atoms with Gasteiger partial charge in [0.2, 0.25) is 0 Å². The van der Waals surface area contributed by atoms with E-state index in [9.17, 15) is 0 Å². The van der Waals surface area contributed by atoms with Crippen molar-refractivity contribution in [3.63, 3.8) is 0 Å². The molecule has 8 rings (SSSR count). The predicted octanol–water partition coefficient (Wildman–Crippen LogP) is 19.2. The van der Waals surface area contributed by atoms with Crippen LogP contribution in [0, 0.1) is 5.41 Å². The molecule has 0 aliphatic carbocycles. The van der Waals surface area contributed by atoms with Gasteiger partial charge in [0.25, 0.3) is 0 Å². The molecule has 0 radical (unpaired) electrons. The Morgan fingerprint density at radius 2 is 0.940 bits per heavy atom. The van der Waals surface area contributed by atoms with Crippen LogP contribution in [0.3, 0.4) is 0 Å². The van der Waals surface area contributed by atoms with Crippen molar-refractivity contribution in [1.82, 2.24) is 53.6 Å². The summed E-state index contributed by atoms with van der Waals surface area (Å²) in [7, 11) is 6.03. The van der Waals surface area contributed by atoms with E-state index in [1.165, 1.54) is 21.1 Å². The van der Waals surface area contributed by atoms with Gasteiger partial charge < -0.3 is 13.7 Å². The normalized spacial score (nSPS) is 11.8. The van der Waals surface area contributed by atoms with E-state index in [-0.39, 0.29) is 37.9 Å².